The van der Waals surface area contributed by atoms with Gasteiger partial charge in [0.25, 0.3) is 5.91 Å². The molecule has 0 atom stereocenters. The van der Waals surface area contributed by atoms with E-state index in [-0.39, 0.29) is 24.8 Å². The van der Waals surface area contributed by atoms with Gasteiger partial charge in [0, 0.05) is 30.0 Å². The number of thiophene rings is 1. The maximum Gasteiger partial charge on any atom is 0.252 e. The van der Waals surface area contributed by atoms with Crippen molar-refractivity contribution in [2.24, 2.45) is 0 Å². The first-order valence-corrected chi connectivity index (χ1v) is 7.23. The molecule has 0 aliphatic rings. The molecule has 0 spiro atoms. The van der Waals surface area contributed by atoms with Gasteiger partial charge < -0.3 is 15.4 Å². The van der Waals surface area contributed by atoms with E-state index in [1.807, 2.05) is 5.38 Å². The van der Waals surface area contributed by atoms with Crippen LogP contribution in [0.25, 0.3) is 0 Å². The van der Waals surface area contributed by atoms with Crippen LogP contribution in [0.15, 0.2) is 35.2 Å². The van der Waals surface area contributed by atoms with E-state index in [9.17, 15) is 9.59 Å². The summed E-state index contributed by atoms with van der Waals surface area (Å²) in [5.41, 5.74) is 1.20. The van der Waals surface area contributed by atoms with Crippen LogP contribution in [0.4, 0.5) is 5.69 Å². The van der Waals surface area contributed by atoms with E-state index in [2.05, 4.69) is 15.6 Å². The SMILES string of the molecule is COc1ccc(NC(=O)CCNC(=O)c2ccsc2)cn1. The molecule has 2 heterocycles. The summed E-state index contributed by atoms with van der Waals surface area (Å²) in [6.07, 6.45) is 1.71. The number of methoxy groups -OCH3 is 1. The quantitative estimate of drug-likeness (QED) is 0.854. The fourth-order valence-corrected chi connectivity index (χ4v) is 2.22. The lowest BCUT2D eigenvalue weighted by Crippen LogP contribution is -2.27. The number of rotatable bonds is 6. The van der Waals surface area contributed by atoms with Gasteiger partial charge in [-0.2, -0.15) is 11.3 Å². The molecule has 6 nitrogen and oxygen atoms in total. The molecule has 2 aromatic heterocycles. The summed E-state index contributed by atoms with van der Waals surface area (Å²) in [5.74, 6) is 0.124. The fourth-order valence-electron chi connectivity index (χ4n) is 1.58. The van der Waals surface area contributed by atoms with Gasteiger partial charge in [0.1, 0.15) is 0 Å². The maximum atomic E-state index is 11.7. The molecule has 0 unspecified atom stereocenters. The summed E-state index contributed by atoms with van der Waals surface area (Å²) in [5, 5.41) is 8.98. The van der Waals surface area contributed by atoms with Crippen molar-refractivity contribution in [2.75, 3.05) is 19.0 Å². The highest BCUT2D eigenvalue weighted by Gasteiger charge is 2.07. The standard InChI is InChI=1S/C14H15N3O3S/c1-20-13-3-2-11(8-16-13)17-12(18)4-6-15-14(19)10-5-7-21-9-10/h2-3,5,7-9H,4,6H2,1H3,(H,15,19)(H,17,18). The molecular formula is C14H15N3O3S. The number of hydrogen-bond donors (Lipinski definition) is 2. The highest BCUT2D eigenvalue weighted by molar-refractivity contribution is 7.08. The minimum Gasteiger partial charge on any atom is -0.481 e. The predicted octanol–water partition coefficient (Wildman–Crippen LogP) is 1.91. The number of pyridine rings is 1. The van der Waals surface area contributed by atoms with E-state index in [0.29, 0.717) is 17.1 Å². The van der Waals surface area contributed by atoms with Gasteiger partial charge in [-0.05, 0) is 17.5 Å². The summed E-state index contributed by atoms with van der Waals surface area (Å²) >= 11 is 1.46. The summed E-state index contributed by atoms with van der Waals surface area (Å²) < 4.78 is 4.93. The molecule has 0 saturated heterocycles. The number of nitrogens with zero attached hydrogens (tertiary/aromatic N) is 1. The Balaban J connectivity index is 1.73. The molecule has 2 N–H and O–H groups in total. The Morgan fingerprint density at radius 1 is 1.33 bits per heavy atom. The van der Waals surface area contributed by atoms with Crippen molar-refractivity contribution in [2.45, 2.75) is 6.42 Å². The highest BCUT2D eigenvalue weighted by atomic mass is 32.1. The molecule has 21 heavy (non-hydrogen) atoms. The Morgan fingerprint density at radius 2 is 2.19 bits per heavy atom. The number of carbonyl (C=O) groups excluding carboxylic acids is 2. The van der Waals surface area contributed by atoms with Crippen LogP contribution in [0.3, 0.4) is 0 Å². The molecular weight excluding hydrogens is 290 g/mol. The van der Waals surface area contributed by atoms with Crippen LogP contribution in [-0.4, -0.2) is 30.5 Å². The molecule has 2 aromatic rings. The Kier molecular flexibility index (Phi) is 5.28. The second-order valence-electron chi connectivity index (χ2n) is 4.16. The van der Waals surface area contributed by atoms with Crippen LogP contribution in [-0.2, 0) is 4.79 Å². The van der Waals surface area contributed by atoms with Gasteiger partial charge in [0.2, 0.25) is 11.8 Å². The average Bonchev–Trinajstić information content (AvgIpc) is 3.02. The number of anilines is 1. The van der Waals surface area contributed by atoms with E-state index < -0.39 is 0 Å². The van der Waals surface area contributed by atoms with Gasteiger partial charge in [0.15, 0.2) is 0 Å². The van der Waals surface area contributed by atoms with Gasteiger partial charge in [-0.15, -0.1) is 0 Å². The Bertz CT molecular complexity index is 596. The lowest BCUT2D eigenvalue weighted by molar-refractivity contribution is -0.116. The van der Waals surface area contributed by atoms with Crippen molar-refractivity contribution in [3.63, 3.8) is 0 Å². The lowest BCUT2D eigenvalue weighted by Gasteiger charge is -2.06. The molecule has 0 saturated carbocycles. The highest BCUT2D eigenvalue weighted by Crippen LogP contribution is 2.11. The van der Waals surface area contributed by atoms with Crippen molar-refractivity contribution in [3.05, 3.63) is 40.7 Å². The normalized spacial score (nSPS) is 9.95. The Morgan fingerprint density at radius 3 is 2.81 bits per heavy atom. The zero-order valence-electron chi connectivity index (χ0n) is 11.5. The van der Waals surface area contributed by atoms with E-state index in [1.54, 1.807) is 23.6 Å². The second-order valence-corrected chi connectivity index (χ2v) is 4.94. The van der Waals surface area contributed by atoms with Gasteiger partial charge in [0.05, 0.1) is 19.0 Å². The summed E-state index contributed by atoms with van der Waals surface area (Å²) in [4.78, 5) is 27.4. The van der Waals surface area contributed by atoms with Gasteiger partial charge in [-0.25, -0.2) is 4.98 Å². The van der Waals surface area contributed by atoms with Crippen LogP contribution in [0.1, 0.15) is 16.8 Å². The van der Waals surface area contributed by atoms with Crippen molar-refractivity contribution < 1.29 is 14.3 Å². The van der Waals surface area contributed by atoms with Crippen molar-refractivity contribution in [1.29, 1.82) is 0 Å². The van der Waals surface area contributed by atoms with E-state index in [4.69, 9.17) is 4.74 Å². The first-order chi connectivity index (χ1) is 10.2. The van der Waals surface area contributed by atoms with Crippen LogP contribution < -0.4 is 15.4 Å². The van der Waals surface area contributed by atoms with Crippen molar-refractivity contribution >= 4 is 28.8 Å². The minimum absolute atomic E-state index is 0.171. The third-order valence-electron chi connectivity index (χ3n) is 2.65. The number of amides is 2. The number of ether oxygens (including phenoxy) is 1. The van der Waals surface area contributed by atoms with Crippen molar-refractivity contribution in [3.8, 4) is 5.88 Å². The smallest absolute Gasteiger partial charge is 0.252 e. The van der Waals surface area contributed by atoms with Crippen LogP contribution >= 0.6 is 11.3 Å². The monoisotopic (exact) mass is 305 g/mol. The molecule has 2 amide bonds. The molecule has 0 fully saturated rings. The van der Waals surface area contributed by atoms with E-state index in [0.717, 1.165) is 0 Å². The Hall–Kier alpha value is -2.41. The minimum atomic E-state index is -0.187. The first kappa shape index (κ1) is 15.0. The number of carbonyl (C=O) groups is 2. The summed E-state index contributed by atoms with van der Waals surface area (Å²) in [6, 6.07) is 5.10. The van der Waals surface area contributed by atoms with Crippen molar-refractivity contribution in [1.82, 2.24) is 10.3 Å². The van der Waals surface area contributed by atoms with Gasteiger partial charge >= 0.3 is 0 Å². The third kappa shape index (κ3) is 4.57. The average molecular weight is 305 g/mol. The number of aromatic nitrogens is 1. The predicted molar refractivity (Wildman–Crippen MR) is 80.7 cm³/mol. The van der Waals surface area contributed by atoms with Crippen LogP contribution in [0.5, 0.6) is 5.88 Å². The molecule has 0 bridgehead atoms. The number of hydrogen-bond acceptors (Lipinski definition) is 5. The topological polar surface area (TPSA) is 80.3 Å². The third-order valence-corrected chi connectivity index (χ3v) is 3.33. The molecule has 0 aromatic carbocycles. The largest absolute Gasteiger partial charge is 0.481 e. The molecule has 0 aliphatic carbocycles. The van der Waals surface area contributed by atoms with E-state index >= 15 is 0 Å². The zero-order valence-corrected chi connectivity index (χ0v) is 12.3. The van der Waals surface area contributed by atoms with Crippen LogP contribution in [0, 0.1) is 0 Å². The zero-order chi connectivity index (χ0) is 15.1. The second kappa shape index (κ2) is 7.39. The molecule has 110 valence electrons. The molecule has 2 rings (SSSR count). The summed E-state index contributed by atoms with van der Waals surface area (Å²) in [7, 11) is 1.52. The van der Waals surface area contributed by atoms with Gasteiger partial charge in [-0.1, -0.05) is 0 Å². The fraction of sp³-hybridized carbons (Fsp3) is 0.214. The van der Waals surface area contributed by atoms with Gasteiger partial charge in [-0.3, -0.25) is 9.59 Å². The first-order valence-electron chi connectivity index (χ1n) is 6.29. The maximum absolute atomic E-state index is 11.7. The number of nitrogens with one attached hydrogen (secondary N) is 2. The summed E-state index contributed by atoms with van der Waals surface area (Å²) in [6.45, 7) is 0.282. The molecule has 0 aliphatic heterocycles. The lowest BCUT2D eigenvalue weighted by atomic mass is 10.3. The van der Waals surface area contributed by atoms with E-state index in [1.165, 1.54) is 24.6 Å². The molecule has 7 heteroatoms. The van der Waals surface area contributed by atoms with Crippen LogP contribution in [0.2, 0.25) is 0 Å². The Labute approximate surface area is 126 Å². The molecule has 0 radical (unpaired) electrons.